The summed E-state index contributed by atoms with van der Waals surface area (Å²) in [6.07, 6.45) is 0. The molecular weight excluding hydrogens is 336 g/mol. The van der Waals surface area contributed by atoms with Crippen molar-refractivity contribution in [2.45, 2.75) is 6.61 Å². The fraction of sp³-hybridized carbons (Fsp3) is 0.158. The average Bonchev–Trinajstić information content (AvgIpc) is 3.04. The number of methoxy groups -OCH3 is 2. The summed E-state index contributed by atoms with van der Waals surface area (Å²) < 4.78 is 11.5. The summed E-state index contributed by atoms with van der Waals surface area (Å²) in [4.78, 5) is 29.6. The zero-order valence-electron chi connectivity index (χ0n) is 14.4. The lowest BCUT2D eigenvalue weighted by Crippen LogP contribution is -2.18. The van der Waals surface area contributed by atoms with Gasteiger partial charge >= 0.3 is 5.97 Å². The number of carbonyl (C=O) groups excluding carboxylic acids is 2. The number of rotatable bonds is 6. The van der Waals surface area contributed by atoms with Crippen LogP contribution in [0.15, 0.2) is 48.5 Å². The number of nitrogens with two attached hydrogens (primary N) is 1. The molecule has 0 unspecified atom stereocenters. The molecule has 3 rings (SSSR count). The first-order chi connectivity index (χ1) is 12.5. The van der Waals surface area contributed by atoms with E-state index in [0.717, 1.165) is 5.56 Å². The lowest BCUT2D eigenvalue weighted by Gasteiger charge is -2.12. The normalized spacial score (nSPS) is 10.5. The van der Waals surface area contributed by atoms with Crippen molar-refractivity contribution in [3.05, 3.63) is 65.4 Å². The second-order valence-electron chi connectivity index (χ2n) is 5.55. The molecule has 0 bridgehead atoms. The summed E-state index contributed by atoms with van der Waals surface area (Å²) in [5, 5.41) is 0.603. The van der Waals surface area contributed by atoms with E-state index in [9.17, 15) is 9.59 Å². The minimum absolute atomic E-state index is 0.179. The van der Waals surface area contributed by atoms with E-state index in [4.69, 9.17) is 20.0 Å². The van der Waals surface area contributed by atoms with Crippen molar-refractivity contribution in [3.8, 4) is 5.75 Å². The molecule has 1 heterocycles. The number of ether oxygens (including phenoxy) is 2. The van der Waals surface area contributed by atoms with Crippen LogP contribution >= 0.6 is 0 Å². The zero-order valence-corrected chi connectivity index (χ0v) is 14.4. The Morgan fingerprint density at radius 3 is 2.42 bits per heavy atom. The van der Waals surface area contributed by atoms with Gasteiger partial charge in [0.2, 0.25) is 5.91 Å². The van der Waals surface area contributed by atoms with Gasteiger partial charge in [0.05, 0.1) is 19.7 Å². The van der Waals surface area contributed by atoms with E-state index in [1.54, 1.807) is 12.1 Å². The number of hydrogen-bond donors (Lipinski definition) is 1. The monoisotopic (exact) mass is 354 g/mol. The molecular formula is C19H18N2O5. The molecule has 26 heavy (non-hydrogen) atoms. The van der Waals surface area contributed by atoms with Gasteiger partial charge in [-0.25, -0.2) is 4.79 Å². The number of benzene rings is 2. The van der Waals surface area contributed by atoms with Crippen molar-refractivity contribution < 1.29 is 23.9 Å². The maximum absolute atomic E-state index is 12.2. The van der Waals surface area contributed by atoms with Gasteiger partial charge in [-0.15, -0.1) is 0 Å². The second-order valence-corrected chi connectivity index (χ2v) is 5.55. The van der Waals surface area contributed by atoms with Crippen LogP contribution in [0.1, 0.15) is 26.4 Å². The van der Waals surface area contributed by atoms with Crippen LogP contribution in [0, 0.1) is 0 Å². The number of nitrogens with zero attached hydrogens (tertiary/aromatic N) is 1. The predicted octanol–water partition coefficient (Wildman–Crippen LogP) is 2.16. The highest BCUT2D eigenvalue weighted by molar-refractivity contribution is 6.02. The van der Waals surface area contributed by atoms with Crippen molar-refractivity contribution in [2.24, 2.45) is 5.73 Å². The smallest absolute Gasteiger partial charge is 0.358 e. The largest absolute Gasteiger partial charge is 0.496 e. The number of fused-ring (bicyclic) bond motifs is 1. The van der Waals surface area contributed by atoms with Gasteiger partial charge in [-0.3, -0.25) is 4.79 Å². The van der Waals surface area contributed by atoms with Crippen molar-refractivity contribution in [3.63, 3.8) is 0 Å². The van der Waals surface area contributed by atoms with Gasteiger partial charge in [0, 0.05) is 10.9 Å². The van der Waals surface area contributed by atoms with Crippen molar-refractivity contribution >= 4 is 22.8 Å². The van der Waals surface area contributed by atoms with Crippen molar-refractivity contribution in [1.82, 2.24) is 4.73 Å². The van der Waals surface area contributed by atoms with Gasteiger partial charge in [0.25, 0.3) is 0 Å². The highest BCUT2D eigenvalue weighted by atomic mass is 16.7. The SMILES string of the molecule is COC(=O)c1cc2c(OC)cc(C(N)=O)cc2n1OCc1ccccc1. The van der Waals surface area contributed by atoms with E-state index in [1.165, 1.54) is 25.0 Å². The Hall–Kier alpha value is -3.48. The molecule has 2 N–H and O–H groups in total. The summed E-state index contributed by atoms with van der Waals surface area (Å²) in [6, 6.07) is 14.2. The second kappa shape index (κ2) is 7.18. The first kappa shape index (κ1) is 17.3. The van der Waals surface area contributed by atoms with Crippen LogP contribution in [0.4, 0.5) is 0 Å². The molecule has 3 aromatic rings. The maximum atomic E-state index is 12.2. The maximum Gasteiger partial charge on any atom is 0.358 e. The minimum atomic E-state index is -0.611. The molecule has 1 amide bonds. The van der Waals surface area contributed by atoms with Gasteiger partial charge in [0.1, 0.15) is 12.4 Å². The van der Waals surface area contributed by atoms with Gasteiger partial charge in [-0.2, -0.15) is 4.73 Å². The standard InChI is InChI=1S/C19H18N2O5/c1-24-17-9-13(18(20)22)8-15-14(17)10-16(19(23)25-2)21(15)26-11-12-6-4-3-5-7-12/h3-10H,11H2,1-2H3,(H2,20,22). The molecule has 0 fully saturated rings. The molecule has 2 aromatic carbocycles. The fourth-order valence-corrected chi connectivity index (χ4v) is 2.66. The third-order valence-corrected chi connectivity index (χ3v) is 3.94. The van der Waals surface area contributed by atoms with E-state index in [-0.39, 0.29) is 17.9 Å². The average molecular weight is 354 g/mol. The molecule has 0 saturated carbocycles. The molecule has 0 spiro atoms. The number of aromatic nitrogens is 1. The first-order valence-corrected chi connectivity index (χ1v) is 7.84. The van der Waals surface area contributed by atoms with E-state index in [2.05, 4.69) is 0 Å². The minimum Gasteiger partial charge on any atom is -0.496 e. The van der Waals surface area contributed by atoms with Crippen LogP contribution < -0.4 is 15.3 Å². The Morgan fingerprint density at radius 1 is 1.08 bits per heavy atom. The Morgan fingerprint density at radius 2 is 1.81 bits per heavy atom. The van der Waals surface area contributed by atoms with Crippen LogP contribution in [-0.4, -0.2) is 30.8 Å². The highest BCUT2D eigenvalue weighted by Crippen LogP contribution is 2.30. The Labute approximate surface area is 149 Å². The number of primary amides is 1. The van der Waals surface area contributed by atoms with E-state index < -0.39 is 11.9 Å². The quantitative estimate of drug-likeness (QED) is 0.685. The summed E-state index contributed by atoms with van der Waals surface area (Å²) in [6.45, 7) is 0.220. The highest BCUT2D eigenvalue weighted by Gasteiger charge is 2.21. The molecule has 0 aliphatic carbocycles. The molecule has 7 heteroatoms. The molecule has 0 atom stereocenters. The van der Waals surface area contributed by atoms with Gasteiger partial charge in [-0.05, 0) is 23.8 Å². The molecule has 7 nitrogen and oxygen atoms in total. The van der Waals surface area contributed by atoms with Gasteiger partial charge < -0.3 is 20.0 Å². The Balaban J connectivity index is 2.14. The predicted molar refractivity (Wildman–Crippen MR) is 95.1 cm³/mol. The van der Waals surface area contributed by atoms with Crippen LogP contribution in [0.25, 0.3) is 10.9 Å². The number of amides is 1. The third-order valence-electron chi connectivity index (χ3n) is 3.94. The third kappa shape index (κ3) is 3.19. The Kier molecular flexibility index (Phi) is 4.79. The molecule has 0 aliphatic heterocycles. The van der Waals surface area contributed by atoms with Crippen molar-refractivity contribution in [2.75, 3.05) is 14.2 Å². The molecule has 134 valence electrons. The number of esters is 1. The molecule has 0 aliphatic rings. The summed E-state index contributed by atoms with van der Waals surface area (Å²) in [5.74, 6) is -0.777. The number of hydrogen-bond acceptors (Lipinski definition) is 5. The van der Waals surface area contributed by atoms with Gasteiger partial charge in [0.15, 0.2) is 5.69 Å². The molecule has 0 radical (unpaired) electrons. The van der Waals surface area contributed by atoms with Crippen LogP contribution in [0.2, 0.25) is 0 Å². The van der Waals surface area contributed by atoms with Crippen molar-refractivity contribution in [1.29, 1.82) is 0 Å². The van der Waals surface area contributed by atoms with Crippen LogP contribution in [-0.2, 0) is 11.3 Å². The zero-order chi connectivity index (χ0) is 18.7. The molecule has 1 aromatic heterocycles. The first-order valence-electron chi connectivity index (χ1n) is 7.84. The summed E-state index contributed by atoms with van der Waals surface area (Å²) in [7, 11) is 2.76. The summed E-state index contributed by atoms with van der Waals surface area (Å²) >= 11 is 0. The van der Waals surface area contributed by atoms with Crippen LogP contribution in [0.3, 0.4) is 0 Å². The fourth-order valence-electron chi connectivity index (χ4n) is 2.66. The van der Waals surface area contributed by atoms with E-state index in [1.807, 2.05) is 30.3 Å². The topological polar surface area (TPSA) is 92.8 Å². The lowest BCUT2D eigenvalue weighted by molar-refractivity contribution is 0.0503. The van der Waals surface area contributed by atoms with E-state index in [0.29, 0.717) is 16.7 Å². The lowest BCUT2D eigenvalue weighted by atomic mass is 10.1. The van der Waals surface area contributed by atoms with Gasteiger partial charge in [-0.1, -0.05) is 30.3 Å². The number of carbonyl (C=O) groups is 2. The Bertz CT molecular complexity index is 963. The summed E-state index contributed by atoms with van der Waals surface area (Å²) in [5.41, 5.74) is 7.22. The molecule has 0 saturated heterocycles. The van der Waals surface area contributed by atoms with E-state index >= 15 is 0 Å². The van der Waals surface area contributed by atoms with Crippen LogP contribution in [0.5, 0.6) is 5.75 Å².